The first kappa shape index (κ1) is 15.9. The summed E-state index contributed by atoms with van der Waals surface area (Å²) in [6.45, 7) is 5.42. The molecule has 0 saturated heterocycles. The van der Waals surface area contributed by atoms with Gasteiger partial charge in [0.05, 0.1) is 11.3 Å². The summed E-state index contributed by atoms with van der Waals surface area (Å²) in [4.78, 5) is 42.1. The van der Waals surface area contributed by atoms with E-state index in [1.807, 2.05) is 20.8 Å². The van der Waals surface area contributed by atoms with E-state index in [0.29, 0.717) is 11.4 Å². The smallest absolute Gasteiger partial charge is 0.284 e. The molecule has 2 aromatic rings. The van der Waals surface area contributed by atoms with E-state index in [9.17, 15) is 14.4 Å². The number of hydrogen-bond acceptors (Lipinski definition) is 4. The monoisotopic (exact) mass is 323 g/mol. The third-order valence-corrected chi connectivity index (χ3v) is 3.69. The topological polar surface area (TPSA) is 79.4 Å². The number of nitrogens with zero attached hydrogens (tertiary/aromatic N) is 2. The molecule has 1 N–H and O–H groups in total. The Morgan fingerprint density at radius 2 is 1.83 bits per heavy atom. The van der Waals surface area contributed by atoms with Crippen LogP contribution in [0.5, 0.6) is 0 Å². The zero-order valence-electron chi connectivity index (χ0n) is 13.7. The molecule has 1 aromatic heterocycles. The van der Waals surface area contributed by atoms with Gasteiger partial charge >= 0.3 is 0 Å². The largest absolute Gasteiger partial charge is 0.326 e. The fourth-order valence-electron chi connectivity index (χ4n) is 2.34. The SMILES string of the molecule is CC(C)(C)C(=O)Nc1cccc(N2C(=O)c3cccnc3C2=O)c1. The number of aromatic nitrogens is 1. The van der Waals surface area contributed by atoms with E-state index in [0.717, 1.165) is 4.90 Å². The van der Waals surface area contributed by atoms with Crippen LogP contribution in [0.1, 0.15) is 41.6 Å². The van der Waals surface area contributed by atoms with Crippen LogP contribution in [-0.4, -0.2) is 22.7 Å². The molecular formula is C18H17N3O3. The predicted octanol–water partition coefficient (Wildman–Crippen LogP) is 2.87. The number of pyridine rings is 1. The second-order valence-electron chi connectivity index (χ2n) is 6.60. The van der Waals surface area contributed by atoms with Crippen molar-refractivity contribution in [1.82, 2.24) is 4.98 Å². The van der Waals surface area contributed by atoms with Gasteiger partial charge in [-0.25, -0.2) is 4.90 Å². The number of imide groups is 1. The van der Waals surface area contributed by atoms with Crippen LogP contribution in [0.15, 0.2) is 42.6 Å². The number of carbonyl (C=O) groups excluding carboxylic acids is 3. The average Bonchev–Trinajstić information content (AvgIpc) is 2.79. The van der Waals surface area contributed by atoms with Gasteiger partial charge in [0.25, 0.3) is 11.8 Å². The van der Waals surface area contributed by atoms with Crippen LogP contribution in [0.25, 0.3) is 0 Å². The molecule has 0 bridgehead atoms. The molecule has 2 heterocycles. The highest BCUT2D eigenvalue weighted by molar-refractivity contribution is 6.33. The van der Waals surface area contributed by atoms with Gasteiger partial charge in [-0.2, -0.15) is 0 Å². The Kier molecular flexibility index (Phi) is 3.67. The number of fused-ring (bicyclic) bond motifs is 1. The van der Waals surface area contributed by atoms with Crippen molar-refractivity contribution < 1.29 is 14.4 Å². The zero-order valence-corrected chi connectivity index (χ0v) is 13.7. The maximum absolute atomic E-state index is 12.5. The Balaban J connectivity index is 1.92. The van der Waals surface area contributed by atoms with E-state index in [1.54, 1.807) is 36.4 Å². The predicted molar refractivity (Wildman–Crippen MR) is 89.9 cm³/mol. The lowest BCUT2D eigenvalue weighted by molar-refractivity contribution is -0.123. The molecule has 0 radical (unpaired) electrons. The van der Waals surface area contributed by atoms with Crippen LogP contribution in [0, 0.1) is 5.41 Å². The van der Waals surface area contributed by atoms with Crippen LogP contribution in [0.2, 0.25) is 0 Å². The Labute approximate surface area is 139 Å². The summed E-state index contributed by atoms with van der Waals surface area (Å²) in [7, 11) is 0. The van der Waals surface area contributed by atoms with Gasteiger partial charge in [-0.3, -0.25) is 19.4 Å². The lowest BCUT2D eigenvalue weighted by Gasteiger charge is -2.19. The Hall–Kier alpha value is -3.02. The molecule has 3 amide bonds. The molecular weight excluding hydrogens is 306 g/mol. The fraction of sp³-hybridized carbons (Fsp3) is 0.222. The van der Waals surface area contributed by atoms with Gasteiger partial charge in [-0.05, 0) is 30.3 Å². The normalized spacial score (nSPS) is 13.9. The molecule has 0 spiro atoms. The number of benzene rings is 1. The summed E-state index contributed by atoms with van der Waals surface area (Å²) in [5, 5.41) is 2.79. The molecule has 1 aromatic carbocycles. The minimum Gasteiger partial charge on any atom is -0.326 e. The molecule has 0 atom stereocenters. The van der Waals surface area contributed by atoms with Crippen molar-refractivity contribution in [3.63, 3.8) is 0 Å². The van der Waals surface area contributed by atoms with Gasteiger partial charge < -0.3 is 5.32 Å². The first-order valence-electron chi connectivity index (χ1n) is 7.54. The van der Waals surface area contributed by atoms with Gasteiger partial charge in [0, 0.05) is 17.3 Å². The molecule has 0 saturated carbocycles. The maximum atomic E-state index is 12.5. The van der Waals surface area contributed by atoms with Crippen LogP contribution >= 0.6 is 0 Å². The summed E-state index contributed by atoms with van der Waals surface area (Å²) >= 11 is 0. The molecule has 122 valence electrons. The second kappa shape index (κ2) is 5.56. The van der Waals surface area contributed by atoms with Crippen LogP contribution in [-0.2, 0) is 4.79 Å². The summed E-state index contributed by atoms with van der Waals surface area (Å²) < 4.78 is 0. The van der Waals surface area contributed by atoms with Crippen molar-refractivity contribution in [2.24, 2.45) is 5.41 Å². The number of rotatable bonds is 2. The molecule has 0 fully saturated rings. The standard InChI is InChI=1S/C18H17N3O3/c1-18(2,3)17(24)20-11-6-4-7-12(10-11)21-15(22)13-8-5-9-19-14(13)16(21)23/h4-10H,1-3H3,(H,20,24). The highest BCUT2D eigenvalue weighted by Gasteiger charge is 2.37. The highest BCUT2D eigenvalue weighted by atomic mass is 16.2. The molecule has 6 nitrogen and oxygen atoms in total. The van der Waals surface area contributed by atoms with E-state index in [2.05, 4.69) is 10.3 Å². The van der Waals surface area contributed by atoms with E-state index in [4.69, 9.17) is 0 Å². The van der Waals surface area contributed by atoms with Crippen LogP contribution in [0.3, 0.4) is 0 Å². The quantitative estimate of drug-likeness (QED) is 0.862. The van der Waals surface area contributed by atoms with E-state index in [1.165, 1.54) is 6.20 Å². The van der Waals surface area contributed by atoms with Gasteiger partial charge in [0.2, 0.25) is 5.91 Å². The fourth-order valence-corrected chi connectivity index (χ4v) is 2.34. The third-order valence-electron chi connectivity index (χ3n) is 3.69. The van der Waals surface area contributed by atoms with Crippen molar-refractivity contribution in [2.45, 2.75) is 20.8 Å². The Morgan fingerprint density at radius 3 is 2.50 bits per heavy atom. The van der Waals surface area contributed by atoms with Crippen LogP contribution < -0.4 is 10.2 Å². The highest BCUT2D eigenvalue weighted by Crippen LogP contribution is 2.29. The lowest BCUT2D eigenvalue weighted by atomic mass is 9.95. The number of carbonyl (C=O) groups is 3. The third kappa shape index (κ3) is 2.67. The average molecular weight is 323 g/mol. The van der Waals surface area contributed by atoms with Crippen molar-refractivity contribution in [2.75, 3.05) is 10.2 Å². The molecule has 3 rings (SSSR count). The van der Waals surface area contributed by atoms with Crippen LogP contribution in [0.4, 0.5) is 11.4 Å². The molecule has 24 heavy (non-hydrogen) atoms. The van der Waals surface area contributed by atoms with Gasteiger partial charge in [-0.1, -0.05) is 26.8 Å². The van der Waals surface area contributed by atoms with E-state index >= 15 is 0 Å². The number of nitrogens with one attached hydrogen (secondary N) is 1. The molecule has 6 heteroatoms. The van der Waals surface area contributed by atoms with Crippen molar-refractivity contribution in [1.29, 1.82) is 0 Å². The summed E-state index contributed by atoms with van der Waals surface area (Å²) in [6.07, 6.45) is 1.48. The van der Waals surface area contributed by atoms with Gasteiger partial charge in [0.15, 0.2) is 0 Å². The number of anilines is 2. The van der Waals surface area contributed by atoms with Gasteiger partial charge in [-0.15, -0.1) is 0 Å². The van der Waals surface area contributed by atoms with Crippen molar-refractivity contribution >= 4 is 29.1 Å². The minimum atomic E-state index is -0.546. The molecule has 1 aliphatic rings. The van der Waals surface area contributed by atoms with E-state index < -0.39 is 17.2 Å². The molecule has 0 unspecified atom stereocenters. The summed E-state index contributed by atoms with van der Waals surface area (Å²) in [5.41, 5.74) is 0.806. The lowest BCUT2D eigenvalue weighted by Crippen LogP contribution is -2.30. The maximum Gasteiger partial charge on any atom is 0.284 e. The Bertz CT molecular complexity index is 818. The van der Waals surface area contributed by atoms with Crippen molar-refractivity contribution in [3.8, 4) is 0 Å². The Morgan fingerprint density at radius 1 is 1.08 bits per heavy atom. The van der Waals surface area contributed by atoms with E-state index in [-0.39, 0.29) is 17.2 Å². The molecule has 0 aliphatic carbocycles. The first-order chi connectivity index (χ1) is 11.3. The summed E-state index contributed by atoms with van der Waals surface area (Å²) in [6, 6.07) is 9.84. The van der Waals surface area contributed by atoms with Crippen molar-refractivity contribution in [3.05, 3.63) is 53.9 Å². The second-order valence-corrected chi connectivity index (χ2v) is 6.60. The van der Waals surface area contributed by atoms with Gasteiger partial charge in [0.1, 0.15) is 5.69 Å². The number of amides is 3. The molecule has 1 aliphatic heterocycles. The zero-order chi connectivity index (χ0) is 17.5. The number of hydrogen-bond donors (Lipinski definition) is 1. The summed E-state index contributed by atoms with van der Waals surface area (Å²) in [5.74, 6) is -1.03. The first-order valence-corrected chi connectivity index (χ1v) is 7.54. The minimum absolute atomic E-state index is 0.145.